The van der Waals surface area contributed by atoms with Crippen LogP contribution in [0.25, 0.3) is 0 Å². The van der Waals surface area contributed by atoms with Crippen LogP contribution in [0.5, 0.6) is 0 Å². The Morgan fingerprint density at radius 2 is 1.89 bits per heavy atom. The zero-order valence-corrected chi connectivity index (χ0v) is 12.3. The van der Waals surface area contributed by atoms with Crippen LogP contribution >= 0.6 is 0 Å². The summed E-state index contributed by atoms with van der Waals surface area (Å²) in [5.41, 5.74) is 0. The second-order valence-corrected chi connectivity index (χ2v) is 4.93. The van der Waals surface area contributed by atoms with Gasteiger partial charge < -0.3 is 24.8 Å². The predicted octanol–water partition coefficient (Wildman–Crippen LogP) is 0.950. The Bertz CT molecular complexity index is 181. The molecule has 5 nitrogen and oxygen atoms in total. The third kappa shape index (κ3) is 12.6. The summed E-state index contributed by atoms with van der Waals surface area (Å²) in [4.78, 5) is 0. The molecule has 1 aliphatic rings. The Hall–Kier alpha value is -0.200. The minimum Gasteiger partial charge on any atom is -0.394 e. The Morgan fingerprint density at radius 3 is 2.26 bits per heavy atom. The molecule has 1 heterocycles. The normalized spacial score (nSPS) is 18.9. The first-order chi connectivity index (χ1) is 9.17. The lowest BCUT2D eigenvalue weighted by atomic mass is 10.0. The fourth-order valence-corrected chi connectivity index (χ4v) is 1.49. The van der Waals surface area contributed by atoms with Crippen molar-refractivity contribution in [3.8, 4) is 0 Å². The lowest BCUT2D eigenvalue weighted by molar-refractivity contribution is 0.0450. The predicted molar refractivity (Wildman–Crippen MR) is 74.0 cm³/mol. The van der Waals surface area contributed by atoms with Gasteiger partial charge in [0.25, 0.3) is 0 Å². The van der Waals surface area contributed by atoms with Crippen LogP contribution in [0, 0.1) is 5.92 Å². The number of unbranched alkanes of at least 4 members (excludes halogenated alkanes) is 1. The summed E-state index contributed by atoms with van der Waals surface area (Å²) < 4.78 is 10.7. The topological polar surface area (TPSA) is 82.5 Å². The van der Waals surface area contributed by atoms with Crippen molar-refractivity contribution in [1.29, 1.82) is 0 Å². The van der Waals surface area contributed by atoms with Gasteiger partial charge >= 0.3 is 0 Å². The van der Waals surface area contributed by atoms with E-state index in [0.717, 1.165) is 25.7 Å². The van der Waals surface area contributed by atoms with Gasteiger partial charge in [0.15, 0.2) is 0 Å². The van der Waals surface area contributed by atoms with E-state index in [9.17, 15) is 0 Å². The van der Waals surface area contributed by atoms with Crippen LogP contribution in [-0.4, -0.2) is 60.6 Å². The summed E-state index contributed by atoms with van der Waals surface area (Å²) in [6, 6.07) is 0. The molecule has 1 rings (SSSR count). The van der Waals surface area contributed by atoms with Crippen molar-refractivity contribution in [1.82, 2.24) is 0 Å². The van der Waals surface area contributed by atoms with Crippen LogP contribution in [-0.2, 0) is 9.47 Å². The van der Waals surface area contributed by atoms with Gasteiger partial charge in [-0.2, -0.15) is 0 Å². The number of hydrogen-bond donors (Lipinski definition) is 3. The van der Waals surface area contributed by atoms with Crippen LogP contribution < -0.4 is 0 Å². The van der Waals surface area contributed by atoms with E-state index in [0.29, 0.717) is 6.10 Å². The molecule has 0 aliphatic carbocycles. The Balaban J connectivity index is 0.000000459. The minimum absolute atomic E-state index is 0.365. The van der Waals surface area contributed by atoms with Crippen molar-refractivity contribution in [3.05, 3.63) is 0 Å². The molecule has 0 saturated carbocycles. The molecule has 19 heavy (non-hydrogen) atoms. The molecule has 0 radical (unpaired) electrons. The zero-order valence-electron chi connectivity index (χ0n) is 12.3. The number of ether oxygens (including phenoxy) is 2. The van der Waals surface area contributed by atoms with E-state index in [4.69, 9.17) is 24.8 Å². The molecule has 2 unspecified atom stereocenters. The molecule has 5 heteroatoms. The molecule has 116 valence electrons. The molecule has 0 spiro atoms. The van der Waals surface area contributed by atoms with Crippen molar-refractivity contribution in [2.75, 3.05) is 33.0 Å². The molecule has 2 atom stereocenters. The standard InChI is InChI=1S/C11H22O2.C3H8O3/c1-3-5-6-10(4-2)7-12-8-11-9-13-11;4-1-3(6)2-5/h10-11H,3-9H2,1-2H3;3-6H,1-2H2. The van der Waals surface area contributed by atoms with E-state index in [1.54, 1.807) is 0 Å². The molecule has 1 saturated heterocycles. The smallest absolute Gasteiger partial charge is 0.104 e. The molecule has 3 N–H and O–H groups in total. The summed E-state index contributed by atoms with van der Waals surface area (Å²) >= 11 is 0. The summed E-state index contributed by atoms with van der Waals surface area (Å²) in [5.74, 6) is 0.763. The average molecular weight is 278 g/mol. The van der Waals surface area contributed by atoms with E-state index in [-0.39, 0.29) is 13.2 Å². The number of rotatable bonds is 10. The Labute approximate surface area is 116 Å². The van der Waals surface area contributed by atoms with Crippen LogP contribution in [0.15, 0.2) is 0 Å². The van der Waals surface area contributed by atoms with Gasteiger partial charge in [-0.05, 0) is 12.3 Å². The SMILES string of the molecule is CCCCC(CC)COCC1CO1.OCC(O)CO. The van der Waals surface area contributed by atoms with Crippen molar-refractivity contribution in [2.24, 2.45) is 5.92 Å². The van der Waals surface area contributed by atoms with Gasteiger partial charge in [-0.3, -0.25) is 0 Å². The molecule has 1 fully saturated rings. The van der Waals surface area contributed by atoms with Crippen LogP contribution in [0.1, 0.15) is 39.5 Å². The quantitative estimate of drug-likeness (QED) is 0.518. The Kier molecular flexibility index (Phi) is 12.7. The van der Waals surface area contributed by atoms with Crippen molar-refractivity contribution < 1.29 is 24.8 Å². The molecule has 0 aromatic rings. The van der Waals surface area contributed by atoms with E-state index in [1.165, 1.54) is 25.7 Å². The van der Waals surface area contributed by atoms with Crippen molar-refractivity contribution >= 4 is 0 Å². The first kappa shape index (κ1) is 18.8. The fraction of sp³-hybridized carbons (Fsp3) is 1.00. The van der Waals surface area contributed by atoms with Gasteiger partial charge in [-0.1, -0.05) is 33.1 Å². The van der Waals surface area contributed by atoms with Crippen LogP contribution in [0.3, 0.4) is 0 Å². The van der Waals surface area contributed by atoms with Crippen LogP contribution in [0.4, 0.5) is 0 Å². The summed E-state index contributed by atoms with van der Waals surface area (Å²) in [7, 11) is 0. The molecule has 0 amide bonds. The maximum atomic E-state index is 8.17. The van der Waals surface area contributed by atoms with Gasteiger partial charge in [0.2, 0.25) is 0 Å². The van der Waals surface area contributed by atoms with Crippen molar-refractivity contribution in [3.63, 3.8) is 0 Å². The minimum atomic E-state index is -0.954. The second-order valence-electron chi connectivity index (χ2n) is 4.93. The monoisotopic (exact) mass is 278 g/mol. The Morgan fingerprint density at radius 1 is 1.26 bits per heavy atom. The van der Waals surface area contributed by atoms with Gasteiger partial charge in [-0.25, -0.2) is 0 Å². The van der Waals surface area contributed by atoms with Crippen LogP contribution in [0.2, 0.25) is 0 Å². The molecular formula is C14H30O5. The maximum absolute atomic E-state index is 8.17. The first-order valence-corrected chi connectivity index (χ1v) is 7.26. The molecular weight excluding hydrogens is 248 g/mol. The zero-order chi connectivity index (χ0) is 14.5. The number of aliphatic hydroxyl groups excluding tert-OH is 3. The average Bonchev–Trinajstić information content (AvgIpc) is 3.26. The highest BCUT2D eigenvalue weighted by Crippen LogP contribution is 2.14. The van der Waals surface area contributed by atoms with E-state index >= 15 is 0 Å². The second kappa shape index (κ2) is 12.8. The lowest BCUT2D eigenvalue weighted by Gasteiger charge is -2.13. The third-order valence-corrected chi connectivity index (χ3v) is 3.02. The summed E-state index contributed by atoms with van der Waals surface area (Å²) in [5, 5.41) is 24.0. The largest absolute Gasteiger partial charge is 0.394 e. The highest BCUT2D eigenvalue weighted by atomic mass is 16.6. The molecule has 0 bridgehead atoms. The number of aliphatic hydroxyl groups is 3. The fourth-order valence-electron chi connectivity index (χ4n) is 1.49. The highest BCUT2D eigenvalue weighted by molar-refractivity contribution is 4.67. The first-order valence-electron chi connectivity index (χ1n) is 7.26. The van der Waals surface area contributed by atoms with Crippen molar-refractivity contribution in [2.45, 2.75) is 51.7 Å². The third-order valence-electron chi connectivity index (χ3n) is 3.02. The molecule has 0 aromatic carbocycles. The summed E-state index contributed by atoms with van der Waals surface area (Å²) in [6.07, 6.45) is 4.65. The number of epoxide rings is 1. The highest BCUT2D eigenvalue weighted by Gasteiger charge is 2.22. The lowest BCUT2D eigenvalue weighted by Crippen LogP contribution is -2.15. The van der Waals surface area contributed by atoms with E-state index in [1.807, 2.05) is 0 Å². The number of hydrogen-bond acceptors (Lipinski definition) is 5. The maximum Gasteiger partial charge on any atom is 0.104 e. The van der Waals surface area contributed by atoms with E-state index in [2.05, 4.69) is 13.8 Å². The molecule has 1 aliphatic heterocycles. The van der Waals surface area contributed by atoms with E-state index < -0.39 is 6.10 Å². The van der Waals surface area contributed by atoms with Gasteiger partial charge in [0.1, 0.15) is 12.2 Å². The molecule has 0 aromatic heterocycles. The van der Waals surface area contributed by atoms with Gasteiger partial charge in [0.05, 0.1) is 26.4 Å². The van der Waals surface area contributed by atoms with Gasteiger partial charge in [-0.15, -0.1) is 0 Å². The van der Waals surface area contributed by atoms with Gasteiger partial charge in [0, 0.05) is 6.61 Å². The summed E-state index contributed by atoms with van der Waals surface area (Å²) in [6.45, 7) is 6.40.